The molecule has 0 heterocycles. The molecule has 1 aromatic rings. The van der Waals surface area contributed by atoms with Gasteiger partial charge in [-0.2, -0.15) is 5.26 Å². The lowest BCUT2D eigenvalue weighted by molar-refractivity contribution is -0.119. The molecule has 2 nitrogen and oxygen atoms in total. The molecule has 1 aromatic carbocycles. The lowest BCUT2D eigenvalue weighted by Crippen LogP contribution is -2.08. The number of Topliss-reactive ketones (excluding diaryl/α,β-unsaturated/α-hetero) is 1. The Labute approximate surface area is 91.7 Å². The van der Waals surface area contributed by atoms with E-state index in [0.717, 1.165) is 10.0 Å². The first-order chi connectivity index (χ1) is 6.69. The normalized spacial score (nSPS) is 11.8. The summed E-state index contributed by atoms with van der Waals surface area (Å²) < 4.78 is 0.946. The van der Waals surface area contributed by atoms with Gasteiger partial charge in [-0.1, -0.05) is 35.0 Å². The van der Waals surface area contributed by atoms with Gasteiger partial charge in [-0.05, 0) is 17.7 Å². The van der Waals surface area contributed by atoms with E-state index < -0.39 is 5.92 Å². The molecule has 0 saturated carbocycles. The molecule has 0 fully saturated rings. The van der Waals surface area contributed by atoms with Gasteiger partial charge in [0.1, 0.15) is 5.92 Å². The van der Waals surface area contributed by atoms with Crippen LogP contribution in [0.1, 0.15) is 24.8 Å². The number of nitriles is 1. The highest BCUT2D eigenvalue weighted by Gasteiger charge is 2.17. The van der Waals surface area contributed by atoms with E-state index in [2.05, 4.69) is 15.9 Å². The second-order valence-electron chi connectivity index (χ2n) is 2.93. The van der Waals surface area contributed by atoms with Gasteiger partial charge >= 0.3 is 0 Å². The highest BCUT2D eigenvalue weighted by Crippen LogP contribution is 2.19. The SMILES string of the molecule is CCC(=O)C(C#N)c1ccc(Br)cc1. The number of carbonyl (C=O) groups excluding carboxylic acids is 1. The molecule has 1 atom stereocenters. The van der Waals surface area contributed by atoms with Gasteiger partial charge in [-0.3, -0.25) is 4.79 Å². The fourth-order valence-electron chi connectivity index (χ4n) is 1.19. The van der Waals surface area contributed by atoms with Crippen molar-refractivity contribution in [2.75, 3.05) is 0 Å². The summed E-state index contributed by atoms with van der Waals surface area (Å²) in [6.07, 6.45) is 0.397. The number of hydrogen-bond donors (Lipinski definition) is 0. The van der Waals surface area contributed by atoms with Crippen LogP contribution in [0.25, 0.3) is 0 Å². The maximum atomic E-state index is 11.4. The number of halogens is 1. The van der Waals surface area contributed by atoms with E-state index in [9.17, 15) is 4.79 Å². The highest BCUT2D eigenvalue weighted by atomic mass is 79.9. The average molecular weight is 252 g/mol. The van der Waals surface area contributed by atoms with E-state index in [4.69, 9.17) is 5.26 Å². The molecule has 1 unspecified atom stereocenters. The molecule has 0 saturated heterocycles. The molecule has 0 amide bonds. The second-order valence-corrected chi connectivity index (χ2v) is 3.85. The van der Waals surface area contributed by atoms with Crippen LogP contribution in [-0.4, -0.2) is 5.78 Å². The monoisotopic (exact) mass is 251 g/mol. The van der Waals surface area contributed by atoms with Crippen molar-refractivity contribution in [1.82, 2.24) is 0 Å². The van der Waals surface area contributed by atoms with Gasteiger partial charge in [0, 0.05) is 10.9 Å². The lowest BCUT2D eigenvalue weighted by atomic mass is 9.95. The van der Waals surface area contributed by atoms with E-state index in [1.54, 1.807) is 19.1 Å². The van der Waals surface area contributed by atoms with Crippen molar-refractivity contribution in [3.8, 4) is 6.07 Å². The molecule has 0 aromatic heterocycles. The van der Waals surface area contributed by atoms with E-state index in [0.29, 0.717) is 6.42 Å². The molecule has 72 valence electrons. The number of hydrogen-bond acceptors (Lipinski definition) is 2. The molecular formula is C11H10BrNO. The first-order valence-electron chi connectivity index (χ1n) is 4.36. The van der Waals surface area contributed by atoms with Crippen LogP contribution in [0.15, 0.2) is 28.7 Å². The van der Waals surface area contributed by atoms with Crippen LogP contribution in [0.4, 0.5) is 0 Å². The second kappa shape index (κ2) is 4.92. The van der Waals surface area contributed by atoms with Gasteiger partial charge in [-0.25, -0.2) is 0 Å². The van der Waals surface area contributed by atoms with Gasteiger partial charge in [0.2, 0.25) is 0 Å². The molecule has 0 bridgehead atoms. The van der Waals surface area contributed by atoms with Crippen molar-refractivity contribution in [1.29, 1.82) is 5.26 Å². The smallest absolute Gasteiger partial charge is 0.154 e. The maximum absolute atomic E-state index is 11.4. The van der Waals surface area contributed by atoms with Gasteiger partial charge in [-0.15, -0.1) is 0 Å². The van der Waals surface area contributed by atoms with E-state index in [1.165, 1.54) is 0 Å². The summed E-state index contributed by atoms with van der Waals surface area (Å²) >= 11 is 3.30. The van der Waals surface area contributed by atoms with E-state index in [-0.39, 0.29) is 5.78 Å². The Morgan fingerprint density at radius 2 is 2.07 bits per heavy atom. The molecule has 1 rings (SSSR count). The van der Waals surface area contributed by atoms with Crippen LogP contribution in [-0.2, 0) is 4.79 Å². The van der Waals surface area contributed by atoms with Gasteiger partial charge in [0.25, 0.3) is 0 Å². The highest BCUT2D eigenvalue weighted by molar-refractivity contribution is 9.10. The Balaban J connectivity index is 2.97. The predicted molar refractivity (Wildman–Crippen MR) is 57.8 cm³/mol. The fraction of sp³-hybridized carbons (Fsp3) is 0.273. The van der Waals surface area contributed by atoms with E-state index in [1.807, 2.05) is 18.2 Å². The third kappa shape index (κ3) is 2.43. The maximum Gasteiger partial charge on any atom is 0.154 e. The van der Waals surface area contributed by atoms with Gasteiger partial charge in [0.05, 0.1) is 6.07 Å². The molecule has 0 aliphatic heterocycles. The predicted octanol–water partition coefficient (Wildman–Crippen LogP) is 3.04. The molecule has 0 N–H and O–H groups in total. The summed E-state index contributed by atoms with van der Waals surface area (Å²) in [5.41, 5.74) is 0.766. The molecule has 0 aliphatic rings. The summed E-state index contributed by atoms with van der Waals surface area (Å²) in [5, 5.41) is 8.87. The summed E-state index contributed by atoms with van der Waals surface area (Å²) in [6.45, 7) is 1.77. The van der Waals surface area contributed by atoms with Crippen LogP contribution in [0.2, 0.25) is 0 Å². The third-order valence-electron chi connectivity index (χ3n) is 2.00. The van der Waals surface area contributed by atoms with Crippen LogP contribution in [0.3, 0.4) is 0 Å². The van der Waals surface area contributed by atoms with Crippen LogP contribution >= 0.6 is 15.9 Å². The number of nitrogens with zero attached hydrogens (tertiary/aromatic N) is 1. The minimum atomic E-state index is -0.618. The Bertz CT molecular complexity index is 364. The quantitative estimate of drug-likeness (QED) is 0.829. The molecule has 3 heteroatoms. The summed E-state index contributed by atoms with van der Waals surface area (Å²) in [6, 6.07) is 9.29. The first kappa shape index (κ1) is 10.9. The average Bonchev–Trinajstić information content (AvgIpc) is 2.21. The van der Waals surface area contributed by atoms with Crippen molar-refractivity contribution in [2.24, 2.45) is 0 Å². The molecule has 0 spiro atoms. The fourth-order valence-corrected chi connectivity index (χ4v) is 1.46. The molecular weight excluding hydrogens is 242 g/mol. The zero-order chi connectivity index (χ0) is 10.6. The van der Waals surface area contributed by atoms with Crippen LogP contribution in [0.5, 0.6) is 0 Å². The summed E-state index contributed by atoms with van der Waals surface area (Å²) in [7, 11) is 0. The minimum Gasteiger partial charge on any atom is -0.298 e. The first-order valence-corrected chi connectivity index (χ1v) is 5.16. The van der Waals surface area contributed by atoms with Gasteiger partial charge < -0.3 is 0 Å². The van der Waals surface area contributed by atoms with Crippen molar-refractivity contribution in [3.05, 3.63) is 34.3 Å². The van der Waals surface area contributed by atoms with Crippen molar-refractivity contribution < 1.29 is 4.79 Å². The number of ketones is 1. The number of benzene rings is 1. The Hall–Kier alpha value is -1.14. The number of rotatable bonds is 3. The number of carbonyl (C=O) groups is 1. The zero-order valence-electron chi connectivity index (χ0n) is 7.83. The Morgan fingerprint density at radius 3 is 2.50 bits per heavy atom. The van der Waals surface area contributed by atoms with Crippen molar-refractivity contribution in [2.45, 2.75) is 19.3 Å². The largest absolute Gasteiger partial charge is 0.298 e. The van der Waals surface area contributed by atoms with Crippen molar-refractivity contribution in [3.63, 3.8) is 0 Å². The standard InChI is InChI=1S/C11H10BrNO/c1-2-11(14)10(7-13)8-3-5-9(12)6-4-8/h3-6,10H,2H2,1H3. The molecule has 0 radical (unpaired) electrons. The summed E-state index contributed by atoms with van der Waals surface area (Å²) in [5.74, 6) is -0.650. The molecule has 14 heavy (non-hydrogen) atoms. The van der Waals surface area contributed by atoms with Gasteiger partial charge in [0.15, 0.2) is 5.78 Å². The minimum absolute atomic E-state index is 0.0326. The third-order valence-corrected chi connectivity index (χ3v) is 2.53. The van der Waals surface area contributed by atoms with Crippen molar-refractivity contribution >= 4 is 21.7 Å². The van der Waals surface area contributed by atoms with Crippen LogP contribution < -0.4 is 0 Å². The molecule has 0 aliphatic carbocycles. The zero-order valence-corrected chi connectivity index (χ0v) is 9.41. The topological polar surface area (TPSA) is 40.9 Å². The van der Waals surface area contributed by atoms with E-state index >= 15 is 0 Å². The summed E-state index contributed by atoms with van der Waals surface area (Å²) in [4.78, 5) is 11.4. The van der Waals surface area contributed by atoms with Crippen LogP contribution in [0, 0.1) is 11.3 Å². The Kier molecular flexibility index (Phi) is 3.84. The Morgan fingerprint density at radius 1 is 1.50 bits per heavy atom. The lowest BCUT2D eigenvalue weighted by Gasteiger charge is -2.06.